The summed E-state index contributed by atoms with van der Waals surface area (Å²) in [7, 11) is 3.17. The number of aromatic carboxylic acids is 1. The molecule has 0 aliphatic carbocycles. The predicted octanol–water partition coefficient (Wildman–Crippen LogP) is 4.97. The third-order valence-electron chi connectivity index (χ3n) is 5.08. The molecule has 3 aromatic rings. The highest BCUT2D eigenvalue weighted by atomic mass is 16.5. The number of hydrogen-bond donors (Lipinski definition) is 1. The molecule has 0 radical (unpaired) electrons. The summed E-state index contributed by atoms with van der Waals surface area (Å²) in [4.78, 5) is 11.2. The van der Waals surface area contributed by atoms with Crippen LogP contribution in [0.25, 0.3) is 0 Å². The molecule has 150 valence electrons. The first kappa shape index (κ1) is 20.5. The van der Waals surface area contributed by atoms with E-state index in [9.17, 15) is 9.90 Å². The minimum absolute atomic E-state index is 0.192. The Labute approximate surface area is 171 Å². The van der Waals surface area contributed by atoms with Gasteiger partial charge in [-0.15, -0.1) is 0 Å². The van der Waals surface area contributed by atoms with Crippen LogP contribution in [0.2, 0.25) is 0 Å². The predicted molar refractivity (Wildman–Crippen MR) is 114 cm³/mol. The van der Waals surface area contributed by atoms with Gasteiger partial charge in [0.25, 0.3) is 0 Å². The smallest absolute Gasteiger partial charge is 0.339 e. The van der Waals surface area contributed by atoms with Crippen molar-refractivity contribution in [2.24, 2.45) is 0 Å². The molecule has 0 atom stereocenters. The van der Waals surface area contributed by atoms with Crippen molar-refractivity contribution in [2.75, 3.05) is 14.2 Å². The first-order valence-corrected chi connectivity index (χ1v) is 9.70. The lowest BCUT2D eigenvalue weighted by Gasteiger charge is -2.09. The van der Waals surface area contributed by atoms with E-state index < -0.39 is 5.97 Å². The fourth-order valence-corrected chi connectivity index (χ4v) is 3.31. The van der Waals surface area contributed by atoms with Crippen LogP contribution in [0.3, 0.4) is 0 Å². The maximum Gasteiger partial charge on any atom is 0.339 e. The van der Waals surface area contributed by atoms with E-state index in [1.807, 2.05) is 24.3 Å². The Kier molecular flexibility index (Phi) is 6.90. The first-order chi connectivity index (χ1) is 14.1. The van der Waals surface area contributed by atoms with Gasteiger partial charge in [-0.1, -0.05) is 42.5 Å². The zero-order valence-corrected chi connectivity index (χ0v) is 16.9. The van der Waals surface area contributed by atoms with Gasteiger partial charge >= 0.3 is 5.97 Å². The quantitative estimate of drug-likeness (QED) is 0.560. The highest BCUT2D eigenvalue weighted by molar-refractivity contribution is 5.90. The van der Waals surface area contributed by atoms with E-state index in [0.717, 1.165) is 37.0 Å². The van der Waals surface area contributed by atoms with Crippen LogP contribution in [0.15, 0.2) is 66.7 Å². The van der Waals surface area contributed by atoms with Gasteiger partial charge in [0.1, 0.15) is 17.1 Å². The van der Waals surface area contributed by atoms with Crippen LogP contribution < -0.4 is 9.47 Å². The van der Waals surface area contributed by atoms with Crippen LogP contribution >= 0.6 is 0 Å². The molecule has 0 saturated heterocycles. The minimum atomic E-state index is -0.973. The molecule has 0 aliphatic heterocycles. The molecule has 1 N–H and O–H groups in total. The molecule has 0 fully saturated rings. The molecule has 0 bridgehead atoms. The normalized spacial score (nSPS) is 10.6. The number of methoxy groups -OCH3 is 2. The summed E-state index contributed by atoms with van der Waals surface area (Å²) in [6.45, 7) is 0. The molecule has 3 aromatic carbocycles. The molecular weight excluding hydrogens is 364 g/mol. The Balaban J connectivity index is 1.54. The lowest BCUT2D eigenvalue weighted by molar-refractivity contribution is 0.0693. The molecule has 0 spiro atoms. The average molecular weight is 390 g/mol. The van der Waals surface area contributed by atoms with Gasteiger partial charge < -0.3 is 14.6 Å². The third-order valence-corrected chi connectivity index (χ3v) is 5.08. The minimum Gasteiger partial charge on any atom is -0.497 e. The average Bonchev–Trinajstić information content (AvgIpc) is 2.77. The van der Waals surface area contributed by atoms with Gasteiger partial charge in [-0.25, -0.2) is 4.79 Å². The lowest BCUT2D eigenvalue weighted by Crippen LogP contribution is -2.02. The molecule has 0 aliphatic rings. The van der Waals surface area contributed by atoms with Gasteiger partial charge in [-0.3, -0.25) is 0 Å². The fraction of sp³-hybridized carbons (Fsp3) is 0.240. The first-order valence-electron chi connectivity index (χ1n) is 9.70. The number of carbonyl (C=O) groups is 1. The number of ether oxygens (including phenoxy) is 2. The lowest BCUT2D eigenvalue weighted by atomic mass is 9.99. The molecule has 3 rings (SSSR count). The monoisotopic (exact) mass is 390 g/mol. The van der Waals surface area contributed by atoms with Crippen LogP contribution in [0.4, 0.5) is 0 Å². The summed E-state index contributed by atoms with van der Waals surface area (Å²) in [5, 5.41) is 9.18. The Bertz CT molecular complexity index is 944. The Morgan fingerprint density at radius 2 is 1.14 bits per heavy atom. The van der Waals surface area contributed by atoms with Crippen molar-refractivity contribution in [1.29, 1.82) is 0 Å². The van der Waals surface area contributed by atoms with Crippen LogP contribution in [0, 0.1) is 0 Å². The van der Waals surface area contributed by atoms with Crippen LogP contribution in [0.1, 0.15) is 32.6 Å². The Hall–Kier alpha value is -3.27. The summed E-state index contributed by atoms with van der Waals surface area (Å²) in [6, 6.07) is 22.2. The zero-order valence-electron chi connectivity index (χ0n) is 16.9. The molecule has 0 unspecified atom stereocenters. The summed E-state index contributed by atoms with van der Waals surface area (Å²) < 4.78 is 10.4. The van der Waals surface area contributed by atoms with Gasteiger partial charge in [0.2, 0.25) is 0 Å². The van der Waals surface area contributed by atoms with Crippen molar-refractivity contribution in [3.05, 3.63) is 94.5 Å². The number of carboxylic acids is 1. The van der Waals surface area contributed by atoms with Gasteiger partial charge in [0.15, 0.2) is 0 Å². The molecule has 0 saturated carbocycles. The van der Waals surface area contributed by atoms with Crippen molar-refractivity contribution >= 4 is 5.97 Å². The Morgan fingerprint density at radius 1 is 0.690 bits per heavy atom. The second-order valence-corrected chi connectivity index (χ2v) is 7.00. The van der Waals surface area contributed by atoms with E-state index in [0.29, 0.717) is 5.75 Å². The number of hydrogen-bond acceptors (Lipinski definition) is 3. The van der Waals surface area contributed by atoms with Crippen molar-refractivity contribution in [2.45, 2.75) is 25.7 Å². The highest BCUT2D eigenvalue weighted by Crippen LogP contribution is 2.21. The largest absolute Gasteiger partial charge is 0.497 e. The van der Waals surface area contributed by atoms with Crippen molar-refractivity contribution in [1.82, 2.24) is 0 Å². The van der Waals surface area contributed by atoms with E-state index >= 15 is 0 Å². The summed E-state index contributed by atoms with van der Waals surface area (Å²) >= 11 is 0. The van der Waals surface area contributed by atoms with Gasteiger partial charge in [-0.2, -0.15) is 0 Å². The van der Waals surface area contributed by atoms with Gasteiger partial charge in [0, 0.05) is 0 Å². The second kappa shape index (κ2) is 9.78. The van der Waals surface area contributed by atoms with Crippen LogP contribution in [-0.2, 0) is 25.7 Å². The van der Waals surface area contributed by atoms with Crippen LogP contribution in [-0.4, -0.2) is 25.3 Å². The molecule has 0 heterocycles. The van der Waals surface area contributed by atoms with Gasteiger partial charge in [0.05, 0.1) is 14.2 Å². The molecule has 4 nitrogen and oxygen atoms in total. The molecule has 29 heavy (non-hydrogen) atoms. The van der Waals surface area contributed by atoms with Gasteiger partial charge in [-0.05, 0) is 72.2 Å². The zero-order chi connectivity index (χ0) is 20.6. The highest BCUT2D eigenvalue weighted by Gasteiger charge is 2.11. The van der Waals surface area contributed by atoms with E-state index in [2.05, 4.69) is 36.4 Å². The van der Waals surface area contributed by atoms with E-state index in [4.69, 9.17) is 9.47 Å². The number of benzene rings is 3. The van der Waals surface area contributed by atoms with E-state index in [-0.39, 0.29) is 5.56 Å². The van der Waals surface area contributed by atoms with Crippen molar-refractivity contribution in [3.63, 3.8) is 0 Å². The SMILES string of the molecule is COc1ccc(CCc2ccc(CCc3ccc(C(=O)O)c(OC)c3)cc2)cc1. The Morgan fingerprint density at radius 3 is 1.59 bits per heavy atom. The second-order valence-electron chi connectivity index (χ2n) is 7.00. The van der Waals surface area contributed by atoms with E-state index in [1.54, 1.807) is 13.2 Å². The third kappa shape index (κ3) is 5.61. The summed E-state index contributed by atoms with van der Waals surface area (Å²) in [5.41, 5.74) is 5.14. The topological polar surface area (TPSA) is 55.8 Å². The van der Waals surface area contributed by atoms with E-state index in [1.165, 1.54) is 23.8 Å². The molecule has 0 aromatic heterocycles. The van der Waals surface area contributed by atoms with Crippen molar-refractivity contribution < 1.29 is 19.4 Å². The molecule has 4 heteroatoms. The number of rotatable bonds is 9. The number of aryl methyl sites for hydroxylation is 4. The van der Waals surface area contributed by atoms with Crippen LogP contribution in [0.5, 0.6) is 11.5 Å². The maximum atomic E-state index is 11.2. The summed E-state index contributed by atoms with van der Waals surface area (Å²) in [5.74, 6) is 0.316. The molecular formula is C25H26O4. The number of carboxylic acid groups (broad SMARTS) is 1. The molecule has 0 amide bonds. The maximum absolute atomic E-state index is 11.2. The fourth-order valence-electron chi connectivity index (χ4n) is 3.31. The summed E-state index contributed by atoms with van der Waals surface area (Å²) in [6.07, 6.45) is 3.73. The standard InChI is InChI=1S/C25H26O4/c1-28-22-14-11-20(12-15-22)8-7-18-3-5-19(6-4-18)9-10-21-13-16-23(25(26)27)24(17-21)29-2/h3-6,11-17H,7-10H2,1-2H3,(H,26,27). The van der Waals surface area contributed by atoms with Crippen molar-refractivity contribution in [3.8, 4) is 11.5 Å².